The van der Waals surface area contributed by atoms with Gasteiger partial charge in [0, 0.05) is 19.0 Å². The summed E-state index contributed by atoms with van der Waals surface area (Å²) in [7, 11) is 0. The minimum atomic E-state index is 0.703. The van der Waals surface area contributed by atoms with E-state index in [9.17, 15) is 0 Å². The van der Waals surface area contributed by atoms with Crippen LogP contribution < -0.4 is 10.1 Å². The van der Waals surface area contributed by atoms with E-state index >= 15 is 0 Å². The lowest BCUT2D eigenvalue weighted by molar-refractivity contribution is 0.243. The SMILES string of the molecule is CCN1CCC(COc2ccc3c(c2)CNCC3)C1. The van der Waals surface area contributed by atoms with Crippen molar-refractivity contribution >= 4 is 0 Å². The number of fused-ring (bicyclic) bond motifs is 1. The van der Waals surface area contributed by atoms with Crippen LogP contribution in [0.25, 0.3) is 0 Å². The highest BCUT2D eigenvalue weighted by Crippen LogP contribution is 2.22. The quantitative estimate of drug-likeness (QED) is 0.897. The third kappa shape index (κ3) is 3.10. The van der Waals surface area contributed by atoms with Gasteiger partial charge >= 0.3 is 0 Å². The molecule has 1 saturated heterocycles. The smallest absolute Gasteiger partial charge is 0.119 e. The zero-order valence-electron chi connectivity index (χ0n) is 11.8. The van der Waals surface area contributed by atoms with E-state index in [0.717, 1.165) is 31.9 Å². The zero-order chi connectivity index (χ0) is 13.1. The van der Waals surface area contributed by atoms with E-state index in [1.54, 1.807) is 0 Å². The van der Waals surface area contributed by atoms with Crippen LogP contribution in [0.3, 0.4) is 0 Å². The molecule has 2 heterocycles. The minimum Gasteiger partial charge on any atom is -0.493 e. The van der Waals surface area contributed by atoms with Gasteiger partial charge in [-0.25, -0.2) is 0 Å². The molecule has 2 aliphatic rings. The van der Waals surface area contributed by atoms with Crippen LogP contribution in [0.15, 0.2) is 18.2 Å². The maximum Gasteiger partial charge on any atom is 0.119 e. The van der Waals surface area contributed by atoms with Crippen LogP contribution in [0.5, 0.6) is 5.75 Å². The Morgan fingerprint density at radius 3 is 3.16 bits per heavy atom. The molecule has 1 N–H and O–H groups in total. The summed E-state index contributed by atoms with van der Waals surface area (Å²) >= 11 is 0. The second-order valence-electron chi connectivity index (χ2n) is 5.72. The van der Waals surface area contributed by atoms with E-state index in [0.29, 0.717) is 5.92 Å². The number of nitrogens with zero attached hydrogens (tertiary/aromatic N) is 1. The van der Waals surface area contributed by atoms with Crippen LogP contribution in [-0.4, -0.2) is 37.7 Å². The predicted octanol–water partition coefficient (Wildman–Crippen LogP) is 2.05. The molecule has 1 unspecified atom stereocenters. The Bertz CT molecular complexity index is 433. The molecule has 0 saturated carbocycles. The van der Waals surface area contributed by atoms with E-state index in [2.05, 4.69) is 35.3 Å². The van der Waals surface area contributed by atoms with Crippen molar-refractivity contribution in [1.29, 1.82) is 0 Å². The van der Waals surface area contributed by atoms with Crippen molar-refractivity contribution in [2.75, 3.05) is 32.8 Å². The van der Waals surface area contributed by atoms with Gasteiger partial charge in [-0.15, -0.1) is 0 Å². The fourth-order valence-electron chi connectivity index (χ4n) is 3.10. The predicted molar refractivity (Wildman–Crippen MR) is 77.6 cm³/mol. The largest absolute Gasteiger partial charge is 0.493 e. The highest BCUT2D eigenvalue weighted by atomic mass is 16.5. The van der Waals surface area contributed by atoms with E-state index in [1.165, 1.54) is 37.2 Å². The Balaban J connectivity index is 1.55. The maximum atomic E-state index is 5.99. The number of benzene rings is 1. The molecule has 0 spiro atoms. The summed E-state index contributed by atoms with van der Waals surface area (Å²) in [6, 6.07) is 6.59. The Kier molecular flexibility index (Phi) is 4.04. The van der Waals surface area contributed by atoms with Crippen LogP contribution in [-0.2, 0) is 13.0 Å². The fourth-order valence-corrected chi connectivity index (χ4v) is 3.10. The molecular formula is C16H24N2O. The molecule has 0 aromatic heterocycles. The van der Waals surface area contributed by atoms with Crippen molar-refractivity contribution in [3.05, 3.63) is 29.3 Å². The van der Waals surface area contributed by atoms with Crippen molar-refractivity contribution < 1.29 is 4.74 Å². The second-order valence-corrected chi connectivity index (χ2v) is 5.72. The van der Waals surface area contributed by atoms with Crippen molar-refractivity contribution in [2.45, 2.75) is 26.3 Å². The number of hydrogen-bond donors (Lipinski definition) is 1. The summed E-state index contributed by atoms with van der Waals surface area (Å²) in [5.74, 6) is 1.74. The Morgan fingerprint density at radius 2 is 2.32 bits per heavy atom. The maximum absolute atomic E-state index is 5.99. The number of hydrogen-bond acceptors (Lipinski definition) is 3. The molecule has 19 heavy (non-hydrogen) atoms. The first-order chi connectivity index (χ1) is 9.35. The average molecular weight is 260 g/mol. The highest BCUT2D eigenvalue weighted by molar-refractivity contribution is 5.37. The molecular weight excluding hydrogens is 236 g/mol. The van der Waals surface area contributed by atoms with Gasteiger partial charge in [0.25, 0.3) is 0 Å². The van der Waals surface area contributed by atoms with Crippen LogP contribution in [0, 0.1) is 5.92 Å². The van der Waals surface area contributed by atoms with Gasteiger partial charge < -0.3 is 15.0 Å². The Hall–Kier alpha value is -1.06. The number of likely N-dealkylation sites (tertiary alicyclic amines) is 1. The van der Waals surface area contributed by atoms with Gasteiger partial charge in [-0.1, -0.05) is 13.0 Å². The van der Waals surface area contributed by atoms with E-state index < -0.39 is 0 Å². The lowest BCUT2D eigenvalue weighted by Gasteiger charge is -2.19. The standard InChI is InChI=1S/C16H24N2O/c1-2-18-8-6-13(11-18)12-19-16-4-3-14-5-7-17-10-15(14)9-16/h3-4,9,13,17H,2,5-8,10-12H2,1H3. The fraction of sp³-hybridized carbons (Fsp3) is 0.625. The molecule has 1 atom stereocenters. The van der Waals surface area contributed by atoms with Gasteiger partial charge in [0.15, 0.2) is 0 Å². The normalized spacial score (nSPS) is 23.3. The molecule has 104 valence electrons. The van der Waals surface area contributed by atoms with Crippen LogP contribution in [0.4, 0.5) is 0 Å². The summed E-state index contributed by atoms with van der Waals surface area (Å²) in [6.45, 7) is 8.78. The van der Waals surface area contributed by atoms with Gasteiger partial charge in [-0.05, 0) is 55.7 Å². The lowest BCUT2D eigenvalue weighted by Crippen LogP contribution is -2.23. The zero-order valence-corrected chi connectivity index (χ0v) is 11.8. The van der Waals surface area contributed by atoms with Gasteiger partial charge in [0.2, 0.25) is 0 Å². The molecule has 3 nitrogen and oxygen atoms in total. The minimum absolute atomic E-state index is 0.703. The second kappa shape index (κ2) is 5.93. The van der Waals surface area contributed by atoms with Gasteiger partial charge in [-0.2, -0.15) is 0 Å². The average Bonchev–Trinajstić information content (AvgIpc) is 2.93. The van der Waals surface area contributed by atoms with Crippen LogP contribution in [0.2, 0.25) is 0 Å². The first-order valence-corrected chi connectivity index (χ1v) is 7.53. The van der Waals surface area contributed by atoms with Crippen LogP contribution in [0.1, 0.15) is 24.5 Å². The van der Waals surface area contributed by atoms with E-state index in [4.69, 9.17) is 4.74 Å². The molecule has 0 amide bonds. The number of ether oxygens (including phenoxy) is 1. The van der Waals surface area contributed by atoms with Gasteiger partial charge in [0.05, 0.1) is 6.61 Å². The molecule has 1 fully saturated rings. The molecule has 2 aliphatic heterocycles. The Labute approximate surface area is 115 Å². The molecule has 3 heteroatoms. The topological polar surface area (TPSA) is 24.5 Å². The Morgan fingerprint density at radius 1 is 1.37 bits per heavy atom. The number of rotatable bonds is 4. The summed E-state index contributed by atoms with van der Waals surface area (Å²) in [6.07, 6.45) is 2.42. The molecule has 3 rings (SSSR count). The third-order valence-corrected chi connectivity index (χ3v) is 4.37. The monoisotopic (exact) mass is 260 g/mol. The van der Waals surface area contributed by atoms with Crippen molar-refractivity contribution in [3.8, 4) is 5.75 Å². The number of nitrogens with one attached hydrogen (secondary N) is 1. The first-order valence-electron chi connectivity index (χ1n) is 7.53. The molecule has 1 aromatic rings. The van der Waals surface area contributed by atoms with Crippen LogP contribution >= 0.6 is 0 Å². The molecule has 0 radical (unpaired) electrons. The summed E-state index contributed by atoms with van der Waals surface area (Å²) < 4.78 is 5.99. The summed E-state index contributed by atoms with van der Waals surface area (Å²) in [5, 5.41) is 3.42. The lowest BCUT2D eigenvalue weighted by atomic mass is 10.0. The molecule has 0 aliphatic carbocycles. The van der Waals surface area contributed by atoms with Crippen molar-refractivity contribution in [3.63, 3.8) is 0 Å². The van der Waals surface area contributed by atoms with E-state index in [-0.39, 0.29) is 0 Å². The van der Waals surface area contributed by atoms with Crippen molar-refractivity contribution in [2.24, 2.45) is 5.92 Å². The summed E-state index contributed by atoms with van der Waals surface area (Å²) in [5.41, 5.74) is 2.88. The molecule has 0 bridgehead atoms. The third-order valence-electron chi connectivity index (χ3n) is 4.37. The highest BCUT2D eigenvalue weighted by Gasteiger charge is 2.21. The summed E-state index contributed by atoms with van der Waals surface area (Å²) in [4.78, 5) is 2.50. The van der Waals surface area contributed by atoms with Gasteiger partial charge in [-0.3, -0.25) is 0 Å². The van der Waals surface area contributed by atoms with Crippen molar-refractivity contribution in [1.82, 2.24) is 10.2 Å². The first kappa shape index (κ1) is 12.9. The van der Waals surface area contributed by atoms with E-state index in [1.807, 2.05) is 0 Å². The molecule has 1 aromatic carbocycles. The van der Waals surface area contributed by atoms with Gasteiger partial charge in [0.1, 0.15) is 5.75 Å².